The van der Waals surface area contributed by atoms with Gasteiger partial charge >= 0.3 is 0 Å². The van der Waals surface area contributed by atoms with E-state index in [0.29, 0.717) is 0 Å². The third-order valence-corrected chi connectivity index (χ3v) is 1.53. The molecule has 0 aliphatic heterocycles. The van der Waals surface area contributed by atoms with Crippen molar-refractivity contribution < 1.29 is 13.2 Å². The SMILES string of the molecule is Cl.NCC(F)c1cccc(F)c1F. The van der Waals surface area contributed by atoms with Gasteiger partial charge in [-0.25, -0.2) is 13.2 Å². The minimum atomic E-state index is -1.64. The Morgan fingerprint density at radius 2 is 1.92 bits per heavy atom. The first-order valence-electron chi connectivity index (χ1n) is 3.45. The topological polar surface area (TPSA) is 26.0 Å². The Morgan fingerprint density at radius 3 is 2.46 bits per heavy atom. The average molecular weight is 212 g/mol. The van der Waals surface area contributed by atoms with Crippen molar-refractivity contribution in [2.24, 2.45) is 5.73 Å². The van der Waals surface area contributed by atoms with E-state index in [0.717, 1.165) is 6.07 Å². The van der Waals surface area contributed by atoms with Crippen LogP contribution in [0.3, 0.4) is 0 Å². The summed E-state index contributed by atoms with van der Waals surface area (Å²) in [6.07, 6.45) is -1.64. The van der Waals surface area contributed by atoms with E-state index in [-0.39, 0.29) is 24.5 Å². The van der Waals surface area contributed by atoms with Crippen LogP contribution >= 0.6 is 12.4 Å². The van der Waals surface area contributed by atoms with Gasteiger partial charge in [0.25, 0.3) is 0 Å². The molecule has 13 heavy (non-hydrogen) atoms. The molecule has 1 nitrogen and oxygen atoms in total. The lowest BCUT2D eigenvalue weighted by atomic mass is 10.1. The Kier molecular flexibility index (Phi) is 4.80. The zero-order valence-electron chi connectivity index (χ0n) is 6.64. The highest BCUT2D eigenvalue weighted by Gasteiger charge is 2.15. The highest BCUT2D eigenvalue weighted by molar-refractivity contribution is 5.85. The average Bonchev–Trinajstić information content (AvgIpc) is 2.08. The molecule has 0 saturated heterocycles. The summed E-state index contributed by atoms with van der Waals surface area (Å²) in [5.74, 6) is -2.21. The summed E-state index contributed by atoms with van der Waals surface area (Å²) in [6.45, 7) is -0.347. The van der Waals surface area contributed by atoms with Crippen molar-refractivity contribution in [2.45, 2.75) is 6.17 Å². The molecule has 1 rings (SSSR count). The van der Waals surface area contributed by atoms with Gasteiger partial charge in [0, 0.05) is 12.1 Å². The van der Waals surface area contributed by atoms with Gasteiger partial charge in [0.05, 0.1) is 0 Å². The lowest BCUT2D eigenvalue weighted by molar-refractivity contribution is 0.335. The summed E-state index contributed by atoms with van der Waals surface area (Å²) >= 11 is 0. The first-order chi connectivity index (χ1) is 5.66. The van der Waals surface area contributed by atoms with E-state index in [2.05, 4.69) is 0 Å². The Labute approximate surface area is 80.2 Å². The van der Waals surface area contributed by atoms with Gasteiger partial charge < -0.3 is 5.73 Å². The second kappa shape index (κ2) is 5.09. The molecule has 0 bridgehead atoms. The van der Waals surface area contributed by atoms with Crippen LogP contribution in [0.5, 0.6) is 0 Å². The molecule has 74 valence electrons. The molecule has 0 aliphatic rings. The van der Waals surface area contributed by atoms with Gasteiger partial charge in [-0.15, -0.1) is 12.4 Å². The Morgan fingerprint density at radius 1 is 1.31 bits per heavy atom. The van der Waals surface area contributed by atoms with Crippen molar-refractivity contribution in [2.75, 3.05) is 6.54 Å². The van der Waals surface area contributed by atoms with Crippen LogP contribution in [0, 0.1) is 11.6 Å². The van der Waals surface area contributed by atoms with Crippen LogP contribution in [0.25, 0.3) is 0 Å². The Hall–Kier alpha value is -0.740. The number of rotatable bonds is 2. The smallest absolute Gasteiger partial charge is 0.164 e. The maximum Gasteiger partial charge on any atom is 0.164 e. The van der Waals surface area contributed by atoms with E-state index in [4.69, 9.17) is 5.73 Å². The van der Waals surface area contributed by atoms with Gasteiger partial charge in [-0.2, -0.15) is 0 Å². The van der Waals surface area contributed by atoms with Crippen LogP contribution in [0.2, 0.25) is 0 Å². The number of halogens is 4. The molecule has 0 spiro atoms. The molecular weight excluding hydrogens is 203 g/mol. The quantitative estimate of drug-likeness (QED) is 0.799. The molecule has 1 aromatic carbocycles. The Bertz CT molecular complexity index is 280. The third-order valence-electron chi connectivity index (χ3n) is 1.53. The summed E-state index contributed by atoms with van der Waals surface area (Å²) in [5, 5.41) is 0. The molecule has 0 aromatic heterocycles. The molecule has 1 aromatic rings. The predicted molar refractivity (Wildman–Crippen MR) is 46.5 cm³/mol. The highest BCUT2D eigenvalue weighted by atomic mass is 35.5. The van der Waals surface area contributed by atoms with Gasteiger partial charge in [0.2, 0.25) is 0 Å². The molecule has 0 heterocycles. The van der Waals surface area contributed by atoms with Crippen LogP contribution in [0.1, 0.15) is 11.7 Å². The molecule has 1 unspecified atom stereocenters. The molecule has 0 amide bonds. The van der Waals surface area contributed by atoms with Crippen molar-refractivity contribution in [1.82, 2.24) is 0 Å². The van der Waals surface area contributed by atoms with Crippen molar-refractivity contribution in [3.63, 3.8) is 0 Å². The molecule has 0 fully saturated rings. The summed E-state index contributed by atoms with van der Waals surface area (Å²) < 4.78 is 38.0. The molecule has 0 aliphatic carbocycles. The number of hydrogen-bond donors (Lipinski definition) is 1. The van der Waals surface area contributed by atoms with Gasteiger partial charge in [-0.05, 0) is 6.07 Å². The molecule has 5 heteroatoms. The molecule has 0 saturated carbocycles. The van der Waals surface area contributed by atoms with Crippen LogP contribution in [0.15, 0.2) is 18.2 Å². The monoisotopic (exact) mass is 211 g/mol. The minimum absolute atomic E-state index is 0. The Balaban J connectivity index is 0.00000144. The maximum absolute atomic E-state index is 12.8. The molecule has 0 radical (unpaired) electrons. The lowest BCUT2D eigenvalue weighted by Gasteiger charge is -2.06. The van der Waals surface area contributed by atoms with Crippen LogP contribution in [-0.2, 0) is 0 Å². The fourth-order valence-electron chi connectivity index (χ4n) is 0.889. The van der Waals surface area contributed by atoms with Crippen LogP contribution in [-0.4, -0.2) is 6.54 Å². The normalized spacial score (nSPS) is 12.0. The highest BCUT2D eigenvalue weighted by Crippen LogP contribution is 2.20. The predicted octanol–water partition coefficient (Wildman–Crippen LogP) is 2.36. The second-order valence-electron chi connectivity index (χ2n) is 2.35. The van der Waals surface area contributed by atoms with E-state index < -0.39 is 17.8 Å². The maximum atomic E-state index is 12.8. The van der Waals surface area contributed by atoms with Gasteiger partial charge in [0.1, 0.15) is 6.17 Å². The first-order valence-corrected chi connectivity index (χ1v) is 3.45. The van der Waals surface area contributed by atoms with E-state index in [1.807, 2.05) is 0 Å². The number of benzene rings is 1. The van der Waals surface area contributed by atoms with Gasteiger partial charge in [-0.3, -0.25) is 0 Å². The zero-order valence-corrected chi connectivity index (χ0v) is 7.45. The van der Waals surface area contributed by atoms with Gasteiger partial charge in [0.15, 0.2) is 11.6 Å². The minimum Gasteiger partial charge on any atom is -0.327 e. The van der Waals surface area contributed by atoms with Crippen LogP contribution in [0.4, 0.5) is 13.2 Å². The second-order valence-corrected chi connectivity index (χ2v) is 2.35. The van der Waals surface area contributed by atoms with E-state index in [1.165, 1.54) is 12.1 Å². The van der Waals surface area contributed by atoms with E-state index >= 15 is 0 Å². The summed E-state index contributed by atoms with van der Waals surface area (Å²) in [6, 6.07) is 3.36. The summed E-state index contributed by atoms with van der Waals surface area (Å²) in [7, 11) is 0. The molecule has 1 atom stereocenters. The number of alkyl halides is 1. The van der Waals surface area contributed by atoms with E-state index in [9.17, 15) is 13.2 Å². The standard InChI is InChI=1S/C8H8F3N.ClH/c9-6-3-1-2-5(8(6)11)7(10)4-12;/h1-3,7H,4,12H2;1H. The molecular formula is C8H9ClF3N. The molecule has 2 N–H and O–H groups in total. The number of nitrogens with two attached hydrogens (primary N) is 1. The lowest BCUT2D eigenvalue weighted by Crippen LogP contribution is -2.09. The zero-order chi connectivity index (χ0) is 9.14. The first kappa shape index (κ1) is 12.3. The third kappa shape index (κ3) is 2.60. The van der Waals surface area contributed by atoms with Crippen molar-refractivity contribution in [3.8, 4) is 0 Å². The van der Waals surface area contributed by atoms with Crippen molar-refractivity contribution in [1.29, 1.82) is 0 Å². The fourth-order valence-corrected chi connectivity index (χ4v) is 0.889. The summed E-state index contributed by atoms with van der Waals surface area (Å²) in [4.78, 5) is 0. The fraction of sp³-hybridized carbons (Fsp3) is 0.250. The van der Waals surface area contributed by atoms with E-state index in [1.54, 1.807) is 0 Å². The summed E-state index contributed by atoms with van der Waals surface area (Å²) in [5.41, 5.74) is 4.64. The van der Waals surface area contributed by atoms with Crippen molar-refractivity contribution in [3.05, 3.63) is 35.4 Å². The van der Waals surface area contributed by atoms with Crippen LogP contribution < -0.4 is 5.73 Å². The number of hydrogen-bond acceptors (Lipinski definition) is 1. The van der Waals surface area contributed by atoms with Crippen molar-refractivity contribution >= 4 is 12.4 Å². The largest absolute Gasteiger partial charge is 0.327 e. The van der Waals surface area contributed by atoms with Gasteiger partial charge in [-0.1, -0.05) is 12.1 Å².